The van der Waals surface area contributed by atoms with Gasteiger partial charge in [-0.3, -0.25) is 15.0 Å². The van der Waals surface area contributed by atoms with Crippen LogP contribution in [-0.4, -0.2) is 17.9 Å². The number of amides is 2. The lowest BCUT2D eigenvalue weighted by atomic mass is 10.0. The topological polar surface area (TPSA) is 93.4 Å². The fourth-order valence-electron chi connectivity index (χ4n) is 1.80. The van der Waals surface area contributed by atoms with Crippen molar-refractivity contribution in [1.82, 2.24) is 5.43 Å². The molecule has 4 N–H and O–H groups in total. The molecule has 1 aliphatic heterocycles. The maximum Gasteiger partial charge on any atom is 0.274 e. The number of nitrogens with one attached hydrogen (secondary N) is 2. The van der Waals surface area contributed by atoms with E-state index in [0.717, 1.165) is 17.7 Å². The van der Waals surface area contributed by atoms with Gasteiger partial charge in [0.2, 0.25) is 5.91 Å². The van der Waals surface area contributed by atoms with Gasteiger partial charge in [-0.2, -0.15) is 0 Å². The van der Waals surface area contributed by atoms with E-state index in [1.54, 1.807) is 19.1 Å². The van der Waals surface area contributed by atoms with Crippen LogP contribution in [0.15, 0.2) is 18.2 Å². The minimum Gasteiger partial charge on any atom is -0.481 e. The average molecular weight is 249 g/mol. The molecule has 1 heterocycles. The minimum atomic E-state index is -0.688. The van der Waals surface area contributed by atoms with Gasteiger partial charge in [0.1, 0.15) is 5.75 Å². The molecule has 0 aromatic heterocycles. The molecule has 96 valence electrons. The van der Waals surface area contributed by atoms with Crippen LogP contribution in [0.5, 0.6) is 5.75 Å². The van der Waals surface area contributed by atoms with Crippen molar-refractivity contribution in [2.75, 3.05) is 5.32 Å². The molecule has 0 aliphatic carbocycles. The lowest BCUT2D eigenvalue weighted by Crippen LogP contribution is -2.40. The van der Waals surface area contributed by atoms with E-state index in [-0.39, 0.29) is 5.91 Å². The molecule has 18 heavy (non-hydrogen) atoms. The first-order chi connectivity index (χ1) is 8.60. The van der Waals surface area contributed by atoms with Gasteiger partial charge in [-0.1, -0.05) is 6.07 Å². The summed E-state index contributed by atoms with van der Waals surface area (Å²) >= 11 is 0. The van der Waals surface area contributed by atoms with Crippen molar-refractivity contribution < 1.29 is 14.3 Å². The summed E-state index contributed by atoms with van der Waals surface area (Å²) < 4.78 is 5.42. The molecule has 1 aromatic carbocycles. The Labute approximate surface area is 104 Å². The number of aryl methyl sites for hydroxylation is 1. The Morgan fingerprint density at radius 1 is 1.50 bits per heavy atom. The molecule has 6 nitrogen and oxygen atoms in total. The maximum absolute atomic E-state index is 11.3. The molecular weight excluding hydrogens is 234 g/mol. The number of anilines is 1. The fourth-order valence-corrected chi connectivity index (χ4v) is 1.80. The molecular formula is C12H15N3O3. The third-order valence-corrected chi connectivity index (χ3v) is 2.80. The van der Waals surface area contributed by atoms with Crippen molar-refractivity contribution in [3.63, 3.8) is 0 Å². The predicted octanol–water partition coefficient (Wildman–Crippen LogP) is 0.328. The van der Waals surface area contributed by atoms with Crippen LogP contribution in [0.1, 0.15) is 18.9 Å². The highest BCUT2D eigenvalue weighted by Gasteiger charge is 2.17. The number of ether oxygens (including phenoxy) is 1. The number of hydrogen-bond donors (Lipinski definition) is 3. The molecule has 0 bridgehead atoms. The van der Waals surface area contributed by atoms with Crippen molar-refractivity contribution in [3.05, 3.63) is 23.8 Å². The first-order valence-corrected chi connectivity index (χ1v) is 5.70. The molecule has 0 radical (unpaired) electrons. The van der Waals surface area contributed by atoms with Crippen molar-refractivity contribution >= 4 is 17.5 Å². The van der Waals surface area contributed by atoms with Crippen LogP contribution in [0.2, 0.25) is 0 Å². The summed E-state index contributed by atoms with van der Waals surface area (Å²) in [7, 11) is 0. The lowest BCUT2D eigenvalue weighted by Gasteiger charge is -2.19. The Balaban J connectivity index is 2.13. The Morgan fingerprint density at radius 2 is 2.28 bits per heavy atom. The summed E-state index contributed by atoms with van der Waals surface area (Å²) in [6, 6.07) is 5.38. The molecule has 0 spiro atoms. The van der Waals surface area contributed by atoms with Gasteiger partial charge in [0, 0.05) is 18.2 Å². The quantitative estimate of drug-likeness (QED) is 0.409. The van der Waals surface area contributed by atoms with E-state index in [9.17, 15) is 9.59 Å². The zero-order valence-corrected chi connectivity index (χ0v) is 10.0. The van der Waals surface area contributed by atoms with E-state index in [1.807, 2.05) is 11.5 Å². The maximum atomic E-state index is 11.3. The average Bonchev–Trinajstić information content (AvgIpc) is 2.37. The van der Waals surface area contributed by atoms with Crippen molar-refractivity contribution in [3.8, 4) is 5.75 Å². The molecule has 0 saturated carbocycles. The standard InChI is InChI=1S/C12H15N3O3/c1-7(12(17)15-13)18-9-4-2-8-3-5-11(16)14-10(8)6-9/h2,4,6-7H,3,5,13H2,1H3,(H,14,16)(H,15,17). The monoisotopic (exact) mass is 249 g/mol. The second-order valence-corrected chi connectivity index (χ2v) is 4.14. The summed E-state index contributed by atoms with van der Waals surface area (Å²) in [5.41, 5.74) is 3.83. The van der Waals surface area contributed by atoms with E-state index in [2.05, 4.69) is 5.32 Å². The van der Waals surface area contributed by atoms with Gasteiger partial charge in [0.05, 0.1) is 0 Å². The second-order valence-electron chi connectivity index (χ2n) is 4.14. The molecule has 0 fully saturated rings. The molecule has 0 saturated heterocycles. The van der Waals surface area contributed by atoms with Gasteiger partial charge in [-0.25, -0.2) is 5.84 Å². The van der Waals surface area contributed by atoms with Crippen LogP contribution in [0, 0.1) is 0 Å². The summed E-state index contributed by atoms with van der Waals surface area (Å²) in [6.45, 7) is 1.60. The number of rotatable bonds is 3. The lowest BCUT2D eigenvalue weighted by molar-refractivity contribution is -0.127. The van der Waals surface area contributed by atoms with E-state index in [4.69, 9.17) is 10.6 Å². The number of carbonyl (C=O) groups excluding carboxylic acids is 2. The van der Waals surface area contributed by atoms with Crippen molar-refractivity contribution in [2.24, 2.45) is 5.84 Å². The minimum absolute atomic E-state index is 0.00704. The van der Waals surface area contributed by atoms with Gasteiger partial charge in [0.15, 0.2) is 6.10 Å². The van der Waals surface area contributed by atoms with Gasteiger partial charge in [-0.15, -0.1) is 0 Å². The smallest absolute Gasteiger partial charge is 0.274 e. The highest BCUT2D eigenvalue weighted by molar-refractivity contribution is 5.94. The predicted molar refractivity (Wildman–Crippen MR) is 65.8 cm³/mol. The second kappa shape index (κ2) is 5.05. The highest BCUT2D eigenvalue weighted by atomic mass is 16.5. The SMILES string of the molecule is CC(Oc1ccc2c(c1)NC(=O)CC2)C(=O)NN. The summed E-state index contributed by atoms with van der Waals surface area (Å²) in [5.74, 6) is 5.13. The molecule has 2 amide bonds. The van der Waals surface area contributed by atoms with Gasteiger partial charge >= 0.3 is 0 Å². The first-order valence-electron chi connectivity index (χ1n) is 5.70. The number of nitrogens with two attached hydrogens (primary N) is 1. The number of benzene rings is 1. The normalized spacial score (nSPS) is 15.3. The van der Waals surface area contributed by atoms with Gasteiger partial charge in [0.25, 0.3) is 5.91 Å². The summed E-state index contributed by atoms with van der Waals surface area (Å²) in [4.78, 5) is 22.5. The number of fused-ring (bicyclic) bond motifs is 1. The number of hydrogen-bond acceptors (Lipinski definition) is 4. The number of hydrazine groups is 1. The number of carbonyl (C=O) groups is 2. The first kappa shape index (κ1) is 12.4. The largest absolute Gasteiger partial charge is 0.481 e. The van der Waals surface area contributed by atoms with E-state index < -0.39 is 12.0 Å². The third kappa shape index (κ3) is 2.60. The Morgan fingerprint density at radius 3 is 3.00 bits per heavy atom. The molecule has 1 atom stereocenters. The zero-order valence-electron chi connectivity index (χ0n) is 10.0. The van der Waals surface area contributed by atoms with E-state index in [0.29, 0.717) is 12.2 Å². The van der Waals surface area contributed by atoms with Crippen molar-refractivity contribution in [1.29, 1.82) is 0 Å². The Bertz CT molecular complexity index is 487. The van der Waals surface area contributed by atoms with Crippen LogP contribution in [0.25, 0.3) is 0 Å². The summed E-state index contributed by atoms with van der Waals surface area (Å²) in [6.07, 6.45) is 0.534. The Kier molecular flexibility index (Phi) is 3.47. The van der Waals surface area contributed by atoms with Crippen LogP contribution >= 0.6 is 0 Å². The van der Waals surface area contributed by atoms with Crippen molar-refractivity contribution in [2.45, 2.75) is 25.9 Å². The summed E-state index contributed by atoms with van der Waals surface area (Å²) in [5, 5.41) is 2.77. The van der Waals surface area contributed by atoms with Crippen LogP contribution in [-0.2, 0) is 16.0 Å². The molecule has 1 aromatic rings. The highest BCUT2D eigenvalue weighted by Crippen LogP contribution is 2.27. The van der Waals surface area contributed by atoms with E-state index >= 15 is 0 Å². The fraction of sp³-hybridized carbons (Fsp3) is 0.333. The third-order valence-electron chi connectivity index (χ3n) is 2.80. The molecule has 1 unspecified atom stereocenters. The van der Waals surface area contributed by atoms with Gasteiger partial charge in [-0.05, 0) is 25.0 Å². The van der Waals surface area contributed by atoms with Crippen LogP contribution in [0.4, 0.5) is 5.69 Å². The van der Waals surface area contributed by atoms with Crippen LogP contribution in [0.3, 0.4) is 0 Å². The van der Waals surface area contributed by atoms with Crippen LogP contribution < -0.4 is 21.3 Å². The molecule has 6 heteroatoms. The zero-order chi connectivity index (χ0) is 13.1. The van der Waals surface area contributed by atoms with Gasteiger partial charge < -0.3 is 10.1 Å². The Hall–Kier alpha value is -2.08. The van der Waals surface area contributed by atoms with E-state index in [1.165, 1.54) is 0 Å². The molecule has 1 aliphatic rings. The molecule has 2 rings (SSSR count).